The second kappa shape index (κ2) is 5.20. The van der Waals surface area contributed by atoms with Gasteiger partial charge < -0.3 is 9.88 Å². The summed E-state index contributed by atoms with van der Waals surface area (Å²) in [4.78, 5) is 3.02. The maximum absolute atomic E-state index is 8.91. The summed E-state index contributed by atoms with van der Waals surface area (Å²) in [5.41, 5.74) is 3.45. The number of nitrogens with one attached hydrogen (secondary N) is 1. The molecule has 0 saturated heterocycles. The predicted octanol–water partition coefficient (Wildman–Crippen LogP) is 2.74. The molecule has 19 heavy (non-hydrogen) atoms. The first-order valence-corrected chi connectivity index (χ1v) is 7.44. The lowest BCUT2D eigenvalue weighted by Crippen LogP contribution is -2.11. The molecular weight excluding hydrogens is 254 g/mol. The highest BCUT2D eigenvalue weighted by Crippen LogP contribution is 2.30. The fourth-order valence-corrected chi connectivity index (χ4v) is 3.88. The van der Waals surface area contributed by atoms with E-state index in [2.05, 4.69) is 17.5 Å². The first kappa shape index (κ1) is 12.5. The van der Waals surface area contributed by atoms with Crippen LogP contribution in [0.5, 0.6) is 0 Å². The van der Waals surface area contributed by atoms with Crippen molar-refractivity contribution in [1.29, 1.82) is 5.26 Å². The summed E-state index contributed by atoms with van der Waals surface area (Å²) >= 11 is 1.95. The third-order valence-corrected chi connectivity index (χ3v) is 4.84. The van der Waals surface area contributed by atoms with Crippen LogP contribution in [0.3, 0.4) is 0 Å². The minimum atomic E-state index is 0.715. The van der Waals surface area contributed by atoms with E-state index in [1.165, 1.54) is 29.7 Å². The second-order valence-electron chi connectivity index (χ2n) is 5.07. The Morgan fingerprint density at radius 1 is 1.37 bits per heavy atom. The standard InChI is InChI=1S/C15H17N3S/c1-18-10-11(5-13(18)7-16)8-17-9-14-6-12-3-2-4-15(12)19-14/h5-6,10,17H,2-4,8-9H2,1H3. The zero-order valence-corrected chi connectivity index (χ0v) is 11.9. The molecule has 2 aromatic heterocycles. The Bertz CT molecular complexity index is 609. The van der Waals surface area contributed by atoms with Gasteiger partial charge in [-0.15, -0.1) is 11.3 Å². The molecule has 1 aliphatic carbocycles. The molecule has 3 rings (SSSR count). The van der Waals surface area contributed by atoms with Crippen LogP contribution in [0.25, 0.3) is 0 Å². The molecule has 1 N–H and O–H groups in total. The lowest BCUT2D eigenvalue weighted by atomic mass is 10.2. The zero-order valence-electron chi connectivity index (χ0n) is 11.1. The number of thiophene rings is 1. The summed E-state index contributed by atoms with van der Waals surface area (Å²) in [6.07, 6.45) is 5.87. The SMILES string of the molecule is Cn1cc(CNCc2cc3c(s2)CCC3)cc1C#N. The van der Waals surface area contributed by atoms with Gasteiger partial charge in [0.25, 0.3) is 0 Å². The number of hydrogen-bond donors (Lipinski definition) is 1. The van der Waals surface area contributed by atoms with Crippen molar-refractivity contribution in [3.63, 3.8) is 0 Å². The molecule has 0 radical (unpaired) electrons. The molecule has 0 aromatic carbocycles. The average molecular weight is 271 g/mol. The lowest BCUT2D eigenvalue weighted by molar-refractivity contribution is 0.699. The Balaban J connectivity index is 1.56. The van der Waals surface area contributed by atoms with Gasteiger partial charge in [-0.25, -0.2) is 0 Å². The van der Waals surface area contributed by atoms with Crippen LogP contribution in [-0.4, -0.2) is 4.57 Å². The predicted molar refractivity (Wildman–Crippen MR) is 77.0 cm³/mol. The highest BCUT2D eigenvalue weighted by Gasteiger charge is 2.14. The van der Waals surface area contributed by atoms with E-state index in [-0.39, 0.29) is 0 Å². The summed E-state index contributed by atoms with van der Waals surface area (Å²) in [7, 11) is 1.91. The van der Waals surface area contributed by atoms with Crippen molar-refractivity contribution in [1.82, 2.24) is 9.88 Å². The number of aryl methyl sites for hydroxylation is 3. The van der Waals surface area contributed by atoms with E-state index < -0.39 is 0 Å². The number of aromatic nitrogens is 1. The minimum Gasteiger partial charge on any atom is -0.342 e. The molecular formula is C15H17N3S. The first-order valence-electron chi connectivity index (χ1n) is 6.63. The smallest absolute Gasteiger partial charge is 0.120 e. The average Bonchev–Trinajstić information content (AvgIpc) is 3.03. The number of nitrogens with zero attached hydrogens (tertiary/aromatic N) is 2. The maximum atomic E-state index is 8.91. The molecule has 2 aromatic rings. The van der Waals surface area contributed by atoms with E-state index in [0.29, 0.717) is 5.69 Å². The van der Waals surface area contributed by atoms with E-state index >= 15 is 0 Å². The van der Waals surface area contributed by atoms with Gasteiger partial charge in [0.05, 0.1) is 0 Å². The molecule has 2 heterocycles. The van der Waals surface area contributed by atoms with Crippen LogP contribution in [-0.2, 0) is 33.0 Å². The van der Waals surface area contributed by atoms with Crippen molar-refractivity contribution in [2.75, 3.05) is 0 Å². The fraction of sp³-hybridized carbons (Fsp3) is 0.400. The van der Waals surface area contributed by atoms with Gasteiger partial charge in [0, 0.05) is 36.1 Å². The normalized spacial score (nSPS) is 13.5. The van der Waals surface area contributed by atoms with Crippen molar-refractivity contribution in [3.8, 4) is 6.07 Å². The van der Waals surface area contributed by atoms with Crippen molar-refractivity contribution in [3.05, 3.63) is 44.9 Å². The van der Waals surface area contributed by atoms with Crippen LogP contribution < -0.4 is 5.32 Å². The Kier molecular flexibility index (Phi) is 3.41. The van der Waals surface area contributed by atoms with E-state index in [1.807, 2.05) is 35.2 Å². The number of rotatable bonds is 4. The molecule has 4 heteroatoms. The van der Waals surface area contributed by atoms with Crippen LogP contribution in [0.4, 0.5) is 0 Å². The molecule has 3 nitrogen and oxygen atoms in total. The third-order valence-electron chi connectivity index (χ3n) is 3.60. The quantitative estimate of drug-likeness (QED) is 0.929. The molecule has 0 fully saturated rings. The summed E-state index contributed by atoms with van der Waals surface area (Å²) in [6.45, 7) is 1.74. The van der Waals surface area contributed by atoms with Crippen LogP contribution in [0, 0.1) is 11.3 Å². The molecule has 0 bridgehead atoms. The highest BCUT2D eigenvalue weighted by atomic mass is 32.1. The van der Waals surface area contributed by atoms with Crippen LogP contribution >= 0.6 is 11.3 Å². The summed E-state index contributed by atoms with van der Waals surface area (Å²) in [6, 6.07) is 6.49. The fourth-order valence-electron chi connectivity index (χ4n) is 2.65. The highest BCUT2D eigenvalue weighted by molar-refractivity contribution is 7.12. The van der Waals surface area contributed by atoms with E-state index in [1.54, 1.807) is 10.4 Å². The number of fused-ring (bicyclic) bond motifs is 1. The Hall–Kier alpha value is -1.57. The molecule has 0 spiro atoms. The first-order chi connectivity index (χ1) is 9.26. The molecule has 0 unspecified atom stereocenters. The Labute approximate surface area is 117 Å². The van der Waals surface area contributed by atoms with Crippen molar-refractivity contribution in [2.24, 2.45) is 7.05 Å². The summed E-state index contributed by atoms with van der Waals surface area (Å²) in [5.74, 6) is 0. The molecule has 1 aliphatic rings. The van der Waals surface area contributed by atoms with E-state index in [4.69, 9.17) is 5.26 Å². The minimum absolute atomic E-state index is 0.715. The van der Waals surface area contributed by atoms with E-state index in [0.717, 1.165) is 13.1 Å². The van der Waals surface area contributed by atoms with Gasteiger partial charge in [-0.3, -0.25) is 0 Å². The van der Waals surface area contributed by atoms with Crippen molar-refractivity contribution in [2.45, 2.75) is 32.4 Å². The lowest BCUT2D eigenvalue weighted by Gasteiger charge is -2.00. The van der Waals surface area contributed by atoms with Crippen molar-refractivity contribution < 1.29 is 0 Å². The van der Waals surface area contributed by atoms with Gasteiger partial charge in [0.2, 0.25) is 0 Å². The molecule has 0 saturated carbocycles. The second-order valence-corrected chi connectivity index (χ2v) is 6.30. The largest absolute Gasteiger partial charge is 0.342 e. The van der Waals surface area contributed by atoms with Crippen LogP contribution in [0.15, 0.2) is 18.3 Å². The molecule has 0 atom stereocenters. The van der Waals surface area contributed by atoms with E-state index in [9.17, 15) is 0 Å². The monoisotopic (exact) mass is 271 g/mol. The van der Waals surface area contributed by atoms with Crippen molar-refractivity contribution >= 4 is 11.3 Å². The topological polar surface area (TPSA) is 40.8 Å². The van der Waals surface area contributed by atoms with Gasteiger partial charge >= 0.3 is 0 Å². The van der Waals surface area contributed by atoms with Gasteiger partial charge in [-0.2, -0.15) is 5.26 Å². The van der Waals surface area contributed by atoms with Gasteiger partial charge in [-0.05, 0) is 42.5 Å². The number of nitriles is 1. The van der Waals surface area contributed by atoms with Gasteiger partial charge in [0.1, 0.15) is 11.8 Å². The van der Waals surface area contributed by atoms with Gasteiger partial charge in [0.15, 0.2) is 0 Å². The third kappa shape index (κ3) is 2.58. The molecule has 0 aliphatic heterocycles. The molecule has 98 valence electrons. The molecule has 0 amide bonds. The summed E-state index contributed by atoms with van der Waals surface area (Å²) in [5, 5.41) is 12.4. The Morgan fingerprint density at radius 2 is 2.26 bits per heavy atom. The zero-order chi connectivity index (χ0) is 13.2. The van der Waals surface area contributed by atoms with Crippen LogP contribution in [0.1, 0.15) is 33.0 Å². The number of hydrogen-bond acceptors (Lipinski definition) is 3. The Morgan fingerprint density at radius 3 is 3.00 bits per heavy atom. The maximum Gasteiger partial charge on any atom is 0.120 e. The van der Waals surface area contributed by atoms with Crippen LogP contribution in [0.2, 0.25) is 0 Å². The summed E-state index contributed by atoms with van der Waals surface area (Å²) < 4.78 is 1.87. The van der Waals surface area contributed by atoms with Gasteiger partial charge in [-0.1, -0.05) is 0 Å².